The minimum Gasteiger partial charge on any atom is -0.488 e. The Morgan fingerprint density at radius 2 is 1.88 bits per heavy atom. The SMILES string of the molecule is CNCC(Oc1ccccc1)C(c1cncnc1)c1ccc(Br)s1. The second kappa shape index (κ2) is 8.37. The zero-order valence-corrected chi connectivity index (χ0v) is 15.6. The first-order valence-electron chi connectivity index (χ1n) is 7.64. The van der Waals surface area contributed by atoms with Gasteiger partial charge in [-0.1, -0.05) is 18.2 Å². The van der Waals surface area contributed by atoms with E-state index in [1.807, 2.05) is 49.8 Å². The number of halogens is 1. The number of para-hydroxylation sites is 1. The number of hydrogen-bond acceptors (Lipinski definition) is 5. The largest absolute Gasteiger partial charge is 0.488 e. The van der Waals surface area contributed by atoms with Crippen molar-refractivity contribution in [2.24, 2.45) is 0 Å². The molecule has 0 amide bonds. The van der Waals surface area contributed by atoms with Crippen molar-refractivity contribution in [1.82, 2.24) is 15.3 Å². The van der Waals surface area contributed by atoms with E-state index in [1.165, 1.54) is 4.88 Å². The van der Waals surface area contributed by atoms with E-state index < -0.39 is 0 Å². The molecule has 0 aliphatic heterocycles. The molecule has 2 heterocycles. The summed E-state index contributed by atoms with van der Waals surface area (Å²) in [5, 5.41) is 3.24. The number of rotatable bonds is 7. The molecule has 2 atom stereocenters. The van der Waals surface area contributed by atoms with Crippen LogP contribution in [0, 0.1) is 0 Å². The van der Waals surface area contributed by atoms with E-state index in [9.17, 15) is 0 Å². The molecule has 3 rings (SSSR count). The van der Waals surface area contributed by atoms with Crippen molar-refractivity contribution < 1.29 is 4.74 Å². The summed E-state index contributed by atoms with van der Waals surface area (Å²) in [6, 6.07) is 14.1. The van der Waals surface area contributed by atoms with Crippen LogP contribution in [-0.2, 0) is 0 Å². The summed E-state index contributed by atoms with van der Waals surface area (Å²) in [4.78, 5) is 9.60. The fourth-order valence-electron chi connectivity index (χ4n) is 2.63. The topological polar surface area (TPSA) is 47.0 Å². The van der Waals surface area contributed by atoms with Gasteiger partial charge in [-0.05, 0) is 47.2 Å². The minimum atomic E-state index is -0.0750. The molecule has 0 saturated carbocycles. The monoisotopic (exact) mass is 403 g/mol. The summed E-state index contributed by atoms with van der Waals surface area (Å²) in [6.45, 7) is 0.712. The lowest BCUT2D eigenvalue weighted by Gasteiger charge is -2.27. The third kappa shape index (κ3) is 4.20. The van der Waals surface area contributed by atoms with Crippen LogP contribution in [0.15, 0.2) is 65.0 Å². The average Bonchev–Trinajstić information content (AvgIpc) is 3.03. The Kier molecular flexibility index (Phi) is 5.96. The number of aromatic nitrogens is 2. The highest BCUT2D eigenvalue weighted by atomic mass is 79.9. The quantitative estimate of drug-likeness (QED) is 0.644. The summed E-state index contributed by atoms with van der Waals surface area (Å²) in [6.07, 6.45) is 5.20. The predicted octanol–water partition coefficient (Wildman–Crippen LogP) is 4.10. The minimum absolute atomic E-state index is 0.0511. The van der Waals surface area contributed by atoms with E-state index in [-0.39, 0.29) is 12.0 Å². The van der Waals surface area contributed by atoms with E-state index in [4.69, 9.17) is 4.74 Å². The zero-order chi connectivity index (χ0) is 16.8. The van der Waals surface area contributed by atoms with Crippen LogP contribution in [0.4, 0.5) is 0 Å². The van der Waals surface area contributed by atoms with E-state index >= 15 is 0 Å². The van der Waals surface area contributed by atoms with Gasteiger partial charge in [0.1, 0.15) is 18.2 Å². The van der Waals surface area contributed by atoms with Gasteiger partial charge in [0.2, 0.25) is 0 Å². The highest BCUT2D eigenvalue weighted by Crippen LogP contribution is 2.36. The Bertz CT molecular complexity index is 751. The van der Waals surface area contributed by atoms with Crippen LogP contribution >= 0.6 is 27.3 Å². The molecule has 3 aromatic rings. The lowest BCUT2D eigenvalue weighted by Crippen LogP contribution is -2.35. The van der Waals surface area contributed by atoms with Gasteiger partial charge in [0.15, 0.2) is 0 Å². The summed E-state index contributed by atoms with van der Waals surface area (Å²) in [7, 11) is 1.93. The molecule has 0 fully saturated rings. The molecule has 6 heteroatoms. The van der Waals surface area contributed by atoms with E-state index in [0.29, 0.717) is 6.54 Å². The molecule has 2 aromatic heterocycles. The van der Waals surface area contributed by atoms with Crippen LogP contribution in [0.25, 0.3) is 0 Å². The van der Waals surface area contributed by atoms with Gasteiger partial charge in [0.25, 0.3) is 0 Å². The maximum Gasteiger partial charge on any atom is 0.123 e. The van der Waals surface area contributed by atoms with Crippen molar-refractivity contribution >= 4 is 27.3 Å². The molecule has 0 saturated heterocycles. The number of hydrogen-bond donors (Lipinski definition) is 1. The van der Waals surface area contributed by atoms with Gasteiger partial charge in [-0.15, -0.1) is 11.3 Å². The fraction of sp³-hybridized carbons (Fsp3) is 0.222. The predicted molar refractivity (Wildman–Crippen MR) is 101 cm³/mol. The Morgan fingerprint density at radius 3 is 2.50 bits per heavy atom. The molecular weight excluding hydrogens is 386 g/mol. The second-order valence-electron chi connectivity index (χ2n) is 5.32. The average molecular weight is 404 g/mol. The highest BCUT2D eigenvalue weighted by molar-refractivity contribution is 9.11. The maximum absolute atomic E-state index is 6.31. The number of benzene rings is 1. The van der Waals surface area contributed by atoms with Crippen LogP contribution in [0.1, 0.15) is 16.4 Å². The molecule has 0 bridgehead atoms. The highest BCUT2D eigenvalue weighted by Gasteiger charge is 2.28. The van der Waals surface area contributed by atoms with Gasteiger partial charge in [-0.25, -0.2) is 9.97 Å². The van der Waals surface area contributed by atoms with Crippen molar-refractivity contribution in [1.29, 1.82) is 0 Å². The lowest BCUT2D eigenvalue weighted by molar-refractivity contribution is 0.183. The third-order valence-electron chi connectivity index (χ3n) is 3.65. The number of ether oxygens (including phenoxy) is 1. The van der Waals surface area contributed by atoms with Crippen LogP contribution in [0.5, 0.6) is 5.75 Å². The lowest BCUT2D eigenvalue weighted by atomic mass is 9.93. The van der Waals surface area contributed by atoms with Crippen molar-refractivity contribution in [2.45, 2.75) is 12.0 Å². The van der Waals surface area contributed by atoms with Gasteiger partial charge in [-0.2, -0.15) is 0 Å². The molecule has 124 valence electrons. The zero-order valence-electron chi connectivity index (χ0n) is 13.2. The fourth-order valence-corrected chi connectivity index (χ4v) is 4.24. The molecule has 4 nitrogen and oxygen atoms in total. The molecule has 0 spiro atoms. The second-order valence-corrected chi connectivity index (χ2v) is 7.81. The summed E-state index contributed by atoms with van der Waals surface area (Å²) in [5.74, 6) is 0.908. The molecular formula is C18H18BrN3OS. The smallest absolute Gasteiger partial charge is 0.123 e. The molecule has 1 aromatic carbocycles. The number of thiophene rings is 1. The van der Waals surface area contributed by atoms with Crippen LogP contribution < -0.4 is 10.1 Å². The Hall–Kier alpha value is -1.76. The summed E-state index contributed by atoms with van der Waals surface area (Å²) >= 11 is 5.27. The first-order chi connectivity index (χ1) is 11.8. The first-order valence-corrected chi connectivity index (χ1v) is 9.25. The van der Waals surface area contributed by atoms with Crippen molar-refractivity contribution in [2.75, 3.05) is 13.6 Å². The molecule has 24 heavy (non-hydrogen) atoms. The van der Waals surface area contributed by atoms with Crippen molar-refractivity contribution in [3.8, 4) is 5.75 Å². The van der Waals surface area contributed by atoms with Gasteiger partial charge in [0.05, 0.1) is 9.70 Å². The van der Waals surface area contributed by atoms with Crippen LogP contribution in [-0.4, -0.2) is 29.7 Å². The van der Waals surface area contributed by atoms with Gasteiger partial charge >= 0.3 is 0 Å². The molecule has 0 aliphatic carbocycles. The molecule has 0 radical (unpaired) electrons. The van der Waals surface area contributed by atoms with Gasteiger partial charge in [0, 0.05) is 29.4 Å². The van der Waals surface area contributed by atoms with E-state index in [1.54, 1.807) is 17.7 Å². The normalized spacial score (nSPS) is 13.4. The number of likely N-dealkylation sites (N-methyl/N-ethyl adjacent to an activating group) is 1. The molecule has 2 unspecified atom stereocenters. The van der Waals surface area contributed by atoms with Gasteiger partial charge in [-0.3, -0.25) is 0 Å². The van der Waals surface area contributed by atoms with Gasteiger partial charge < -0.3 is 10.1 Å². The van der Waals surface area contributed by atoms with Crippen molar-refractivity contribution in [3.05, 3.63) is 75.4 Å². The number of nitrogens with one attached hydrogen (secondary N) is 1. The number of nitrogens with zero attached hydrogens (tertiary/aromatic N) is 2. The third-order valence-corrected chi connectivity index (χ3v) is 5.35. The van der Waals surface area contributed by atoms with Crippen LogP contribution in [0.2, 0.25) is 0 Å². The standard InChI is InChI=1S/C18H18BrN3OS/c1-20-11-15(23-14-5-3-2-4-6-14)18(13-9-21-12-22-10-13)16-7-8-17(19)24-16/h2-10,12,15,18,20H,11H2,1H3. The molecule has 0 aliphatic rings. The molecule has 1 N–H and O–H groups in total. The summed E-state index contributed by atoms with van der Waals surface area (Å²) in [5.41, 5.74) is 1.04. The van der Waals surface area contributed by atoms with E-state index in [2.05, 4.69) is 43.3 Å². The van der Waals surface area contributed by atoms with E-state index in [0.717, 1.165) is 15.1 Å². The van der Waals surface area contributed by atoms with Crippen LogP contribution in [0.3, 0.4) is 0 Å². The Morgan fingerprint density at radius 1 is 1.12 bits per heavy atom. The maximum atomic E-state index is 6.31. The summed E-state index contributed by atoms with van der Waals surface area (Å²) < 4.78 is 7.41. The Balaban J connectivity index is 1.97. The van der Waals surface area contributed by atoms with Crippen molar-refractivity contribution in [3.63, 3.8) is 0 Å². The Labute approximate surface area is 154 Å². The first kappa shape index (κ1) is 17.1.